The van der Waals surface area contributed by atoms with E-state index in [0.717, 1.165) is 37.8 Å². The van der Waals surface area contributed by atoms with Gasteiger partial charge in [0.05, 0.1) is 11.0 Å². The van der Waals surface area contributed by atoms with E-state index in [4.69, 9.17) is 0 Å². The molecule has 27 heavy (non-hydrogen) atoms. The van der Waals surface area contributed by atoms with Crippen molar-refractivity contribution < 1.29 is 4.79 Å². The van der Waals surface area contributed by atoms with Crippen LogP contribution in [0.1, 0.15) is 55.5 Å². The Balaban J connectivity index is 1.47. The molecule has 6 rings (SSSR count). The average Bonchev–Trinajstić information content (AvgIpc) is 3.00. The standard InChI is InChI=1S/C21H27N5O/c1-13-4-14(2)6-18(5-13)22-19(27)20-8-16-7-17(9-20)11-21(10-16,12-20)26-24-15(3)23-25-26/h4-6,16-17H,7-12H2,1-3H3,(H,22,27). The number of rotatable bonds is 3. The number of nitrogens with zero attached hydrogens (tertiary/aromatic N) is 4. The molecular weight excluding hydrogens is 338 g/mol. The van der Waals surface area contributed by atoms with Crippen LogP contribution in [0.4, 0.5) is 5.69 Å². The van der Waals surface area contributed by atoms with Gasteiger partial charge in [-0.05, 0) is 99.6 Å². The zero-order valence-corrected chi connectivity index (χ0v) is 16.3. The van der Waals surface area contributed by atoms with E-state index in [1.54, 1.807) is 0 Å². The fourth-order valence-corrected chi connectivity index (χ4v) is 6.51. The first kappa shape index (κ1) is 16.9. The van der Waals surface area contributed by atoms with Crippen molar-refractivity contribution in [2.24, 2.45) is 17.3 Å². The fraction of sp³-hybridized carbons (Fsp3) is 0.619. The molecule has 4 fully saturated rings. The molecule has 1 aromatic carbocycles. The predicted octanol–water partition coefficient (Wildman–Crippen LogP) is 3.53. The second-order valence-corrected chi connectivity index (χ2v) is 9.42. The van der Waals surface area contributed by atoms with Gasteiger partial charge < -0.3 is 5.32 Å². The summed E-state index contributed by atoms with van der Waals surface area (Å²) in [6, 6.07) is 6.25. The molecule has 4 bridgehead atoms. The largest absolute Gasteiger partial charge is 0.326 e. The quantitative estimate of drug-likeness (QED) is 0.903. The SMILES string of the molecule is Cc1cc(C)cc(NC(=O)C23CC4CC(C2)CC(n2nnc(C)n2)(C4)C3)c1. The maximum atomic E-state index is 13.5. The molecule has 1 amide bonds. The number of hydrogen-bond acceptors (Lipinski definition) is 4. The maximum Gasteiger partial charge on any atom is 0.230 e. The zero-order valence-electron chi connectivity index (χ0n) is 16.3. The van der Waals surface area contributed by atoms with Gasteiger partial charge in [0, 0.05) is 5.69 Å². The lowest BCUT2D eigenvalue weighted by atomic mass is 9.46. The van der Waals surface area contributed by atoms with E-state index in [1.165, 1.54) is 17.5 Å². The van der Waals surface area contributed by atoms with Gasteiger partial charge in [-0.1, -0.05) is 6.07 Å². The van der Waals surface area contributed by atoms with E-state index in [2.05, 4.69) is 52.8 Å². The Bertz CT molecular complexity index is 883. The highest BCUT2D eigenvalue weighted by Crippen LogP contribution is 2.64. The molecule has 6 nitrogen and oxygen atoms in total. The van der Waals surface area contributed by atoms with Crippen molar-refractivity contribution >= 4 is 11.6 Å². The van der Waals surface area contributed by atoms with Crippen molar-refractivity contribution in [3.63, 3.8) is 0 Å². The van der Waals surface area contributed by atoms with E-state index in [9.17, 15) is 4.79 Å². The lowest BCUT2D eigenvalue weighted by molar-refractivity contribution is -0.152. The van der Waals surface area contributed by atoms with Crippen molar-refractivity contribution in [1.82, 2.24) is 20.2 Å². The van der Waals surface area contributed by atoms with Crippen LogP contribution in [0, 0.1) is 38.0 Å². The molecule has 1 aromatic heterocycles. The number of hydrogen-bond donors (Lipinski definition) is 1. The van der Waals surface area contributed by atoms with Gasteiger partial charge in [-0.2, -0.15) is 4.80 Å². The molecule has 142 valence electrons. The summed E-state index contributed by atoms with van der Waals surface area (Å²) in [6.07, 6.45) is 6.23. The Morgan fingerprint density at radius 3 is 2.33 bits per heavy atom. The second kappa shape index (κ2) is 5.63. The molecule has 4 aliphatic carbocycles. The van der Waals surface area contributed by atoms with Crippen LogP contribution in [0.2, 0.25) is 0 Å². The second-order valence-electron chi connectivity index (χ2n) is 9.42. The average molecular weight is 365 g/mol. The zero-order chi connectivity index (χ0) is 18.8. The summed E-state index contributed by atoms with van der Waals surface area (Å²) in [5.74, 6) is 2.06. The Hall–Kier alpha value is -2.24. The van der Waals surface area contributed by atoms with Crippen LogP contribution in [0.15, 0.2) is 18.2 Å². The van der Waals surface area contributed by atoms with Gasteiger partial charge in [-0.15, -0.1) is 10.2 Å². The Kier molecular flexibility index (Phi) is 3.52. The number of benzene rings is 1. The summed E-state index contributed by atoms with van der Waals surface area (Å²) in [6.45, 7) is 6.02. The minimum absolute atomic E-state index is 0.134. The molecule has 1 heterocycles. The van der Waals surface area contributed by atoms with E-state index < -0.39 is 0 Å². The molecule has 1 N–H and O–H groups in total. The number of aromatic nitrogens is 4. The summed E-state index contributed by atoms with van der Waals surface area (Å²) in [4.78, 5) is 15.3. The van der Waals surface area contributed by atoms with Gasteiger partial charge in [0.1, 0.15) is 0 Å². The molecule has 2 aromatic rings. The smallest absolute Gasteiger partial charge is 0.230 e. The highest BCUT2D eigenvalue weighted by atomic mass is 16.2. The van der Waals surface area contributed by atoms with Crippen molar-refractivity contribution in [2.45, 2.75) is 64.8 Å². The van der Waals surface area contributed by atoms with E-state index in [0.29, 0.717) is 17.7 Å². The minimum atomic E-state index is -0.302. The van der Waals surface area contributed by atoms with Gasteiger partial charge in [0.25, 0.3) is 0 Å². The molecular formula is C21H27N5O. The van der Waals surface area contributed by atoms with Crippen LogP contribution >= 0.6 is 0 Å². The van der Waals surface area contributed by atoms with Crippen molar-refractivity contribution in [3.05, 3.63) is 35.2 Å². The van der Waals surface area contributed by atoms with Gasteiger partial charge in [-0.3, -0.25) is 4.79 Å². The molecule has 0 radical (unpaired) electrons. The van der Waals surface area contributed by atoms with E-state index in [1.807, 2.05) is 11.7 Å². The minimum Gasteiger partial charge on any atom is -0.326 e. The number of tetrazole rings is 1. The third kappa shape index (κ3) is 2.68. The Morgan fingerprint density at radius 2 is 1.74 bits per heavy atom. The van der Waals surface area contributed by atoms with Crippen LogP contribution in [0.3, 0.4) is 0 Å². The summed E-state index contributed by atoms with van der Waals surface area (Å²) >= 11 is 0. The first-order valence-electron chi connectivity index (χ1n) is 10.0. The van der Waals surface area contributed by atoms with Crippen LogP contribution in [0.5, 0.6) is 0 Å². The van der Waals surface area contributed by atoms with Crippen LogP contribution in [0.25, 0.3) is 0 Å². The number of carbonyl (C=O) groups excluding carboxylic acids is 1. The van der Waals surface area contributed by atoms with E-state index >= 15 is 0 Å². The lowest BCUT2D eigenvalue weighted by Gasteiger charge is -2.60. The van der Waals surface area contributed by atoms with Crippen molar-refractivity contribution in [2.75, 3.05) is 5.32 Å². The van der Waals surface area contributed by atoms with Crippen molar-refractivity contribution in [1.29, 1.82) is 0 Å². The molecule has 6 heteroatoms. The number of anilines is 1. The molecule has 4 saturated carbocycles. The lowest BCUT2D eigenvalue weighted by Crippen LogP contribution is -2.60. The Morgan fingerprint density at radius 1 is 1.07 bits per heavy atom. The molecule has 0 spiro atoms. The highest BCUT2D eigenvalue weighted by Gasteiger charge is 2.62. The van der Waals surface area contributed by atoms with E-state index in [-0.39, 0.29) is 16.9 Å². The van der Waals surface area contributed by atoms with Crippen molar-refractivity contribution in [3.8, 4) is 0 Å². The maximum absolute atomic E-state index is 13.5. The first-order chi connectivity index (χ1) is 12.9. The summed E-state index contributed by atoms with van der Waals surface area (Å²) < 4.78 is 0. The molecule has 0 aliphatic heterocycles. The Labute approximate surface area is 159 Å². The predicted molar refractivity (Wildman–Crippen MR) is 102 cm³/mol. The van der Waals surface area contributed by atoms with Gasteiger partial charge in [-0.25, -0.2) is 0 Å². The van der Waals surface area contributed by atoms with Gasteiger partial charge >= 0.3 is 0 Å². The fourth-order valence-electron chi connectivity index (χ4n) is 6.51. The monoisotopic (exact) mass is 365 g/mol. The van der Waals surface area contributed by atoms with Crippen LogP contribution in [-0.2, 0) is 10.3 Å². The number of nitrogens with one attached hydrogen (secondary N) is 1. The number of aryl methyl sites for hydroxylation is 3. The third-order valence-electron chi connectivity index (χ3n) is 6.93. The normalized spacial score (nSPS) is 34.0. The number of carbonyl (C=O) groups is 1. The summed E-state index contributed by atoms with van der Waals surface area (Å²) in [7, 11) is 0. The first-order valence-corrected chi connectivity index (χ1v) is 10.0. The molecule has 4 aliphatic rings. The molecule has 2 unspecified atom stereocenters. The molecule has 2 atom stereocenters. The van der Waals surface area contributed by atoms with Gasteiger partial charge in [0.2, 0.25) is 5.91 Å². The third-order valence-corrected chi connectivity index (χ3v) is 6.93. The summed E-state index contributed by atoms with van der Waals surface area (Å²) in [5.41, 5.74) is 2.83. The topological polar surface area (TPSA) is 72.7 Å². The van der Waals surface area contributed by atoms with Gasteiger partial charge in [0.15, 0.2) is 5.82 Å². The van der Waals surface area contributed by atoms with Crippen LogP contribution in [-0.4, -0.2) is 26.1 Å². The van der Waals surface area contributed by atoms with Crippen LogP contribution < -0.4 is 5.32 Å². The highest BCUT2D eigenvalue weighted by molar-refractivity contribution is 5.96. The summed E-state index contributed by atoms with van der Waals surface area (Å²) in [5, 5.41) is 16.3. The number of amides is 1. The molecule has 0 saturated heterocycles.